The van der Waals surface area contributed by atoms with E-state index in [0.717, 1.165) is 11.1 Å². The maximum absolute atomic E-state index is 13.7. The van der Waals surface area contributed by atoms with Gasteiger partial charge in [-0.1, -0.05) is 18.2 Å². The molecule has 202 valence electrons. The average molecular weight is 538 g/mol. The average Bonchev–Trinajstić information content (AvgIpc) is 3.69. The van der Waals surface area contributed by atoms with Crippen molar-refractivity contribution in [2.75, 3.05) is 14.2 Å². The van der Waals surface area contributed by atoms with Crippen molar-refractivity contribution < 1.29 is 42.1 Å². The molecule has 0 unspecified atom stereocenters. The third-order valence-electron chi connectivity index (χ3n) is 7.44. The Kier molecular flexibility index (Phi) is 5.85. The highest BCUT2D eigenvalue weighted by atomic mass is 19.3. The van der Waals surface area contributed by atoms with Gasteiger partial charge in [-0.05, 0) is 60.4 Å². The molecule has 2 heterocycles. The maximum atomic E-state index is 13.7. The Morgan fingerprint density at radius 1 is 0.949 bits per heavy atom. The van der Waals surface area contributed by atoms with Gasteiger partial charge < -0.3 is 29.0 Å². The summed E-state index contributed by atoms with van der Waals surface area (Å²) in [5.41, 5.74) is 1.65. The summed E-state index contributed by atoms with van der Waals surface area (Å²) in [5, 5.41) is 3.17. The maximum Gasteiger partial charge on any atom is 0.586 e. The van der Waals surface area contributed by atoms with Gasteiger partial charge in [-0.25, -0.2) is 4.79 Å². The molecule has 6 rings (SSSR count). The van der Waals surface area contributed by atoms with Crippen molar-refractivity contribution in [1.82, 2.24) is 5.32 Å². The van der Waals surface area contributed by atoms with Gasteiger partial charge in [0.1, 0.15) is 17.6 Å². The van der Waals surface area contributed by atoms with Crippen LogP contribution in [0.3, 0.4) is 0 Å². The van der Waals surface area contributed by atoms with Gasteiger partial charge in [0.25, 0.3) is 0 Å². The van der Waals surface area contributed by atoms with Crippen LogP contribution in [0.2, 0.25) is 0 Å². The number of alkyl halides is 2. The lowest BCUT2D eigenvalue weighted by Gasteiger charge is -2.34. The number of hydrogen-bond acceptors (Lipinski definition) is 7. The molecular formula is C29H25F2NO7. The van der Waals surface area contributed by atoms with Crippen molar-refractivity contribution >= 4 is 11.9 Å². The Balaban J connectivity index is 1.29. The number of nitrogens with one attached hydrogen (secondary N) is 1. The molecule has 0 radical (unpaired) electrons. The van der Waals surface area contributed by atoms with Crippen LogP contribution in [-0.2, 0) is 14.9 Å². The minimum atomic E-state index is -3.73. The normalized spacial score (nSPS) is 21.2. The fourth-order valence-corrected chi connectivity index (χ4v) is 5.21. The number of carbonyl (C=O) groups is 2. The van der Waals surface area contributed by atoms with Crippen LogP contribution >= 0.6 is 0 Å². The summed E-state index contributed by atoms with van der Waals surface area (Å²) < 4.78 is 52.7. The molecule has 39 heavy (non-hydrogen) atoms. The van der Waals surface area contributed by atoms with E-state index in [1.165, 1.54) is 19.2 Å². The number of rotatable bonds is 6. The lowest BCUT2D eigenvalue weighted by molar-refractivity contribution is -0.286. The third-order valence-corrected chi connectivity index (χ3v) is 7.44. The monoisotopic (exact) mass is 537 g/mol. The van der Waals surface area contributed by atoms with Gasteiger partial charge >= 0.3 is 12.3 Å². The molecular weight excluding hydrogens is 512 g/mol. The Morgan fingerprint density at radius 3 is 2.49 bits per heavy atom. The first-order valence-corrected chi connectivity index (χ1v) is 12.5. The summed E-state index contributed by atoms with van der Waals surface area (Å²) >= 11 is 0. The number of methoxy groups -OCH3 is 2. The van der Waals surface area contributed by atoms with E-state index >= 15 is 0 Å². The van der Waals surface area contributed by atoms with Crippen LogP contribution < -0.4 is 24.3 Å². The molecule has 3 aromatic rings. The zero-order valence-electron chi connectivity index (χ0n) is 21.2. The second-order valence-electron chi connectivity index (χ2n) is 9.80. The van der Waals surface area contributed by atoms with Crippen LogP contribution in [0.1, 0.15) is 58.5 Å². The molecule has 2 aliphatic heterocycles. The fourth-order valence-electron chi connectivity index (χ4n) is 5.21. The lowest BCUT2D eigenvalue weighted by Crippen LogP contribution is -2.39. The van der Waals surface area contributed by atoms with Crippen LogP contribution in [0.5, 0.6) is 23.0 Å². The van der Waals surface area contributed by atoms with Crippen LogP contribution in [-0.4, -0.2) is 32.4 Å². The van der Waals surface area contributed by atoms with E-state index in [1.54, 1.807) is 43.5 Å². The van der Waals surface area contributed by atoms with Gasteiger partial charge in [0.2, 0.25) is 5.91 Å². The standard InChI is InChI=1S/C29H25F2NO7/c1-35-19-7-8-20-21(15-23(37-24(20)14-19)16-4-3-5-17(12-16)26(33)36-2)32-27(34)28(10-11-28)18-6-9-22-25(13-18)39-29(30,31)38-22/h3-9,12-14,21,23H,10-11,15H2,1-2H3,(H,32,34)/t21-,23+/m0/s1. The predicted molar refractivity (Wildman–Crippen MR) is 133 cm³/mol. The van der Waals surface area contributed by atoms with Crippen LogP contribution in [0.15, 0.2) is 60.7 Å². The summed E-state index contributed by atoms with van der Waals surface area (Å²) in [5.74, 6) is 0.309. The van der Waals surface area contributed by atoms with Gasteiger partial charge in [-0.3, -0.25) is 4.79 Å². The first kappa shape index (κ1) is 25.0. The Hall–Kier alpha value is -4.34. The zero-order valence-corrected chi connectivity index (χ0v) is 21.2. The molecule has 1 fully saturated rings. The third kappa shape index (κ3) is 4.49. The molecule has 1 aliphatic carbocycles. The largest absolute Gasteiger partial charge is 0.586 e. The van der Waals surface area contributed by atoms with Crippen LogP contribution in [0.4, 0.5) is 8.78 Å². The summed E-state index contributed by atoms with van der Waals surface area (Å²) in [6.45, 7) is 0. The summed E-state index contributed by atoms with van der Waals surface area (Å²) in [6, 6.07) is 16.4. The van der Waals surface area contributed by atoms with Crippen molar-refractivity contribution in [1.29, 1.82) is 0 Å². The molecule has 1 amide bonds. The Bertz CT molecular complexity index is 1470. The number of carbonyl (C=O) groups excluding carboxylic acids is 2. The minimum absolute atomic E-state index is 0.0655. The second-order valence-corrected chi connectivity index (χ2v) is 9.80. The number of hydrogen-bond donors (Lipinski definition) is 1. The highest BCUT2D eigenvalue weighted by molar-refractivity contribution is 5.92. The van der Waals surface area contributed by atoms with Crippen LogP contribution in [0.25, 0.3) is 0 Å². The number of fused-ring (bicyclic) bond motifs is 2. The molecule has 0 spiro atoms. The Labute approximate surface area is 222 Å². The van der Waals surface area contributed by atoms with Gasteiger partial charge in [0.15, 0.2) is 11.5 Å². The fraction of sp³-hybridized carbons (Fsp3) is 0.310. The molecule has 3 aromatic carbocycles. The summed E-state index contributed by atoms with van der Waals surface area (Å²) in [7, 11) is 2.87. The predicted octanol–water partition coefficient (Wildman–Crippen LogP) is 5.22. The van der Waals surface area contributed by atoms with Crippen molar-refractivity contribution in [2.24, 2.45) is 0 Å². The van der Waals surface area contributed by atoms with E-state index in [1.807, 2.05) is 12.1 Å². The molecule has 8 nitrogen and oxygen atoms in total. The van der Waals surface area contributed by atoms with Crippen molar-refractivity contribution in [3.05, 3.63) is 82.9 Å². The molecule has 3 aliphatic rings. The van der Waals surface area contributed by atoms with Crippen molar-refractivity contribution in [3.63, 3.8) is 0 Å². The van der Waals surface area contributed by atoms with E-state index in [0.29, 0.717) is 41.9 Å². The Morgan fingerprint density at radius 2 is 1.74 bits per heavy atom. The number of amides is 1. The lowest BCUT2D eigenvalue weighted by atomic mass is 9.90. The smallest absolute Gasteiger partial charge is 0.497 e. The van der Waals surface area contributed by atoms with Gasteiger partial charge in [-0.2, -0.15) is 0 Å². The number of benzene rings is 3. The first-order chi connectivity index (χ1) is 18.7. The van der Waals surface area contributed by atoms with Gasteiger partial charge in [0, 0.05) is 18.1 Å². The van der Waals surface area contributed by atoms with E-state index in [9.17, 15) is 18.4 Å². The van der Waals surface area contributed by atoms with Crippen LogP contribution in [0, 0.1) is 0 Å². The highest BCUT2D eigenvalue weighted by Crippen LogP contribution is 2.53. The van der Waals surface area contributed by atoms with E-state index in [4.69, 9.17) is 14.2 Å². The van der Waals surface area contributed by atoms with E-state index in [2.05, 4.69) is 14.8 Å². The number of halogens is 2. The minimum Gasteiger partial charge on any atom is -0.497 e. The zero-order chi connectivity index (χ0) is 27.4. The van der Waals surface area contributed by atoms with E-state index < -0.39 is 29.8 Å². The summed E-state index contributed by atoms with van der Waals surface area (Å²) in [4.78, 5) is 25.8. The van der Waals surface area contributed by atoms with Gasteiger partial charge in [0.05, 0.1) is 31.2 Å². The molecule has 1 N–H and O–H groups in total. The molecule has 2 atom stereocenters. The van der Waals surface area contributed by atoms with Crippen molar-refractivity contribution in [2.45, 2.75) is 43.1 Å². The molecule has 0 aromatic heterocycles. The molecule has 0 saturated heterocycles. The summed E-state index contributed by atoms with van der Waals surface area (Å²) in [6.07, 6.45) is -2.66. The van der Waals surface area contributed by atoms with E-state index in [-0.39, 0.29) is 17.4 Å². The first-order valence-electron chi connectivity index (χ1n) is 12.5. The quantitative estimate of drug-likeness (QED) is 0.431. The highest BCUT2D eigenvalue weighted by Gasteiger charge is 2.53. The molecule has 1 saturated carbocycles. The molecule has 0 bridgehead atoms. The van der Waals surface area contributed by atoms with Crippen molar-refractivity contribution in [3.8, 4) is 23.0 Å². The van der Waals surface area contributed by atoms with Gasteiger partial charge in [-0.15, -0.1) is 8.78 Å². The second kappa shape index (κ2) is 9.14. The topological polar surface area (TPSA) is 92.3 Å². The number of ether oxygens (including phenoxy) is 5. The number of esters is 1. The SMILES string of the molecule is COC(=O)c1cccc([C@H]2C[C@H](NC(=O)C3(c4ccc5c(c4)OC(F)(F)O5)CC3)c3ccc(OC)cc3O2)c1. The molecule has 10 heteroatoms.